The number of hydrogen-bond acceptors (Lipinski definition) is 8. The molecule has 9 heteroatoms. The molecule has 0 saturated carbocycles. The van der Waals surface area contributed by atoms with E-state index in [-0.39, 0.29) is 6.42 Å². The molecular weight excluding hydrogens is 348 g/mol. The fraction of sp³-hybridized carbons (Fsp3) is 0.545. The first-order valence-corrected chi connectivity index (χ1v) is 7.83. The predicted octanol–water partition coefficient (Wildman–Crippen LogP) is 0.622. The zero-order valence-electron chi connectivity index (χ0n) is 10.6. The number of nitrogens with zero attached hydrogens (tertiary/aromatic N) is 1. The molecule has 20 heavy (non-hydrogen) atoms. The number of aromatic nitrogens is 1. The second kappa shape index (κ2) is 7.23. The Labute approximate surface area is 128 Å². The molecule has 110 valence electrons. The Morgan fingerprint density at radius 3 is 3.05 bits per heavy atom. The van der Waals surface area contributed by atoms with Crippen molar-refractivity contribution in [2.75, 3.05) is 6.54 Å². The fourth-order valence-corrected chi connectivity index (χ4v) is 3.04. The number of nitrogens with one attached hydrogen (secondary N) is 2. The Kier molecular flexibility index (Phi) is 5.61. The lowest BCUT2D eigenvalue weighted by Gasteiger charge is -2.22. The molecular formula is C11H15BrN4O3S. The molecule has 1 aromatic heterocycles. The molecule has 2 unspecified atom stereocenters. The van der Waals surface area contributed by atoms with Crippen molar-refractivity contribution in [3.05, 3.63) is 15.0 Å². The van der Waals surface area contributed by atoms with E-state index in [0.29, 0.717) is 16.0 Å². The van der Waals surface area contributed by atoms with Crippen molar-refractivity contribution in [2.45, 2.75) is 31.3 Å². The van der Waals surface area contributed by atoms with Crippen LogP contribution < -0.4 is 16.6 Å². The zero-order valence-corrected chi connectivity index (χ0v) is 13.0. The summed E-state index contributed by atoms with van der Waals surface area (Å²) >= 11 is 4.57. The molecule has 0 bridgehead atoms. The third-order valence-corrected chi connectivity index (χ3v) is 4.45. The van der Waals surface area contributed by atoms with Crippen LogP contribution in [-0.2, 0) is 14.3 Å². The lowest BCUT2D eigenvalue weighted by Crippen LogP contribution is -2.50. The summed E-state index contributed by atoms with van der Waals surface area (Å²) in [4.78, 5) is 27.5. The van der Waals surface area contributed by atoms with Gasteiger partial charge in [-0.3, -0.25) is 10.2 Å². The number of ether oxygens (including phenoxy) is 1. The van der Waals surface area contributed by atoms with Crippen LogP contribution in [0.25, 0.3) is 0 Å². The summed E-state index contributed by atoms with van der Waals surface area (Å²) in [5, 5.41) is 2.40. The number of rotatable bonds is 4. The standard InChI is InChI=1S/C11H15BrN4O3S/c12-8-5-20-10(15-8)6(13)4-9(17)19-11(18)7-2-1-3-14-16-7/h5-7,14,16H,1-4,13H2. The highest BCUT2D eigenvalue weighted by atomic mass is 79.9. The Bertz CT molecular complexity index is 490. The van der Waals surface area contributed by atoms with Gasteiger partial charge in [-0.2, -0.15) is 0 Å². The number of thiazole rings is 1. The van der Waals surface area contributed by atoms with Gasteiger partial charge in [0.25, 0.3) is 0 Å². The van der Waals surface area contributed by atoms with E-state index in [2.05, 4.69) is 31.8 Å². The average Bonchev–Trinajstić information content (AvgIpc) is 2.86. The number of carbonyl (C=O) groups is 2. The summed E-state index contributed by atoms with van der Waals surface area (Å²) in [6, 6.07) is -1.05. The molecule has 0 radical (unpaired) electrons. The fourth-order valence-electron chi connectivity index (χ4n) is 1.77. The third-order valence-electron chi connectivity index (χ3n) is 2.77. The molecule has 0 spiro atoms. The monoisotopic (exact) mass is 362 g/mol. The molecule has 1 saturated heterocycles. The van der Waals surface area contributed by atoms with Crippen LogP contribution in [0.5, 0.6) is 0 Å². The minimum Gasteiger partial charge on any atom is -0.392 e. The average molecular weight is 363 g/mol. The maximum Gasteiger partial charge on any atom is 0.332 e. The molecule has 1 aliphatic heterocycles. The van der Waals surface area contributed by atoms with E-state index >= 15 is 0 Å². The molecule has 4 N–H and O–H groups in total. The van der Waals surface area contributed by atoms with E-state index in [1.54, 1.807) is 5.38 Å². The van der Waals surface area contributed by atoms with Crippen molar-refractivity contribution < 1.29 is 14.3 Å². The van der Waals surface area contributed by atoms with E-state index in [1.165, 1.54) is 11.3 Å². The molecule has 2 atom stereocenters. The summed E-state index contributed by atoms with van der Waals surface area (Å²) in [5.41, 5.74) is 11.5. The predicted molar refractivity (Wildman–Crippen MR) is 76.6 cm³/mol. The normalized spacial score (nSPS) is 20.4. The van der Waals surface area contributed by atoms with Gasteiger partial charge in [-0.25, -0.2) is 15.2 Å². The Balaban J connectivity index is 1.81. The summed E-state index contributed by atoms with van der Waals surface area (Å²) in [5.74, 6) is -1.21. The van der Waals surface area contributed by atoms with Gasteiger partial charge in [0.05, 0.1) is 12.5 Å². The summed E-state index contributed by atoms with van der Waals surface area (Å²) in [7, 11) is 0. The zero-order chi connectivity index (χ0) is 14.5. The number of carbonyl (C=O) groups excluding carboxylic acids is 2. The summed E-state index contributed by atoms with van der Waals surface area (Å²) in [6.45, 7) is 0.793. The first kappa shape index (κ1) is 15.5. The molecule has 1 fully saturated rings. The highest BCUT2D eigenvalue weighted by Crippen LogP contribution is 2.22. The molecule has 1 aromatic rings. The lowest BCUT2D eigenvalue weighted by atomic mass is 10.1. The van der Waals surface area contributed by atoms with Gasteiger partial charge in [-0.15, -0.1) is 11.3 Å². The van der Waals surface area contributed by atoms with Crippen molar-refractivity contribution in [1.29, 1.82) is 0 Å². The molecule has 2 rings (SSSR count). The number of halogens is 1. The van der Waals surface area contributed by atoms with Crippen molar-refractivity contribution >= 4 is 39.2 Å². The molecule has 1 aliphatic rings. The Hall–Kier alpha value is -0.870. The SMILES string of the molecule is NC(CC(=O)OC(=O)C1CCCNN1)c1nc(Br)cs1. The smallest absolute Gasteiger partial charge is 0.332 e. The van der Waals surface area contributed by atoms with Crippen LogP contribution in [0.3, 0.4) is 0 Å². The first-order chi connectivity index (χ1) is 9.56. The molecule has 7 nitrogen and oxygen atoms in total. The van der Waals surface area contributed by atoms with Gasteiger partial charge >= 0.3 is 11.9 Å². The first-order valence-electron chi connectivity index (χ1n) is 6.15. The van der Waals surface area contributed by atoms with Crippen molar-refractivity contribution in [3.8, 4) is 0 Å². The van der Waals surface area contributed by atoms with Gasteiger partial charge in [0, 0.05) is 11.9 Å². The van der Waals surface area contributed by atoms with Crippen molar-refractivity contribution in [1.82, 2.24) is 15.8 Å². The number of hydrazine groups is 1. The maximum atomic E-state index is 11.7. The highest BCUT2D eigenvalue weighted by molar-refractivity contribution is 9.10. The van der Waals surface area contributed by atoms with Crippen LogP contribution in [0.15, 0.2) is 9.98 Å². The van der Waals surface area contributed by atoms with Crippen LogP contribution in [0.2, 0.25) is 0 Å². The van der Waals surface area contributed by atoms with Gasteiger partial charge in [-0.05, 0) is 28.8 Å². The summed E-state index contributed by atoms with van der Waals surface area (Å²) < 4.78 is 5.47. The molecule has 0 aliphatic carbocycles. The van der Waals surface area contributed by atoms with Gasteiger partial charge in [0.1, 0.15) is 15.7 Å². The van der Waals surface area contributed by atoms with Gasteiger partial charge in [-0.1, -0.05) is 0 Å². The molecule has 2 heterocycles. The number of nitrogens with two attached hydrogens (primary N) is 1. The molecule has 0 amide bonds. The van der Waals surface area contributed by atoms with E-state index in [4.69, 9.17) is 10.5 Å². The van der Waals surface area contributed by atoms with Crippen LogP contribution in [-0.4, -0.2) is 29.5 Å². The van der Waals surface area contributed by atoms with Gasteiger partial charge in [0.2, 0.25) is 0 Å². The van der Waals surface area contributed by atoms with Crippen LogP contribution in [0.1, 0.15) is 30.3 Å². The van der Waals surface area contributed by atoms with E-state index in [9.17, 15) is 9.59 Å². The van der Waals surface area contributed by atoms with E-state index < -0.39 is 24.0 Å². The van der Waals surface area contributed by atoms with Crippen molar-refractivity contribution in [2.24, 2.45) is 5.73 Å². The van der Waals surface area contributed by atoms with Crippen molar-refractivity contribution in [3.63, 3.8) is 0 Å². The Morgan fingerprint density at radius 2 is 2.45 bits per heavy atom. The second-order valence-corrected chi connectivity index (χ2v) is 6.08. The quantitative estimate of drug-likeness (QED) is 0.532. The maximum absolute atomic E-state index is 11.7. The van der Waals surface area contributed by atoms with Gasteiger partial charge < -0.3 is 10.5 Å². The van der Waals surface area contributed by atoms with Gasteiger partial charge in [0.15, 0.2) is 0 Å². The van der Waals surface area contributed by atoms with Crippen LogP contribution >= 0.6 is 27.3 Å². The topological polar surface area (TPSA) is 106 Å². The van der Waals surface area contributed by atoms with E-state index in [0.717, 1.165) is 13.0 Å². The largest absolute Gasteiger partial charge is 0.392 e. The molecule has 0 aromatic carbocycles. The van der Waals surface area contributed by atoms with Crippen LogP contribution in [0, 0.1) is 0 Å². The minimum absolute atomic E-state index is 0.0775. The highest BCUT2D eigenvalue weighted by Gasteiger charge is 2.25. The van der Waals surface area contributed by atoms with Crippen LogP contribution in [0.4, 0.5) is 0 Å². The lowest BCUT2D eigenvalue weighted by molar-refractivity contribution is -0.162. The second-order valence-electron chi connectivity index (χ2n) is 4.38. The number of hydrogen-bond donors (Lipinski definition) is 3. The van der Waals surface area contributed by atoms with E-state index in [1.807, 2.05) is 0 Å². The number of esters is 2. The Morgan fingerprint density at radius 1 is 1.65 bits per heavy atom. The summed E-state index contributed by atoms with van der Waals surface area (Å²) in [6.07, 6.45) is 1.42. The third kappa shape index (κ3) is 4.32. The minimum atomic E-state index is -0.638.